The summed E-state index contributed by atoms with van der Waals surface area (Å²) in [5.41, 5.74) is -0.532. The Kier molecular flexibility index (Phi) is 5.75. The van der Waals surface area contributed by atoms with E-state index in [4.69, 9.17) is 4.74 Å². The normalized spacial score (nSPS) is 20.9. The van der Waals surface area contributed by atoms with E-state index in [9.17, 15) is 18.8 Å². The number of hydrogen-bond donors (Lipinski definition) is 1. The monoisotopic (exact) mass is 442 g/mol. The van der Waals surface area contributed by atoms with Gasteiger partial charge in [0.15, 0.2) is 5.69 Å². The van der Waals surface area contributed by atoms with Crippen molar-refractivity contribution in [2.24, 2.45) is 0 Å². The summed E-state index contributed by atoms with van der Waals surface area (Å²) >= 11 is 0. The Labute approximate surface area is 185 Å². The van der Waals surface area contributed by atoms with E-state index in [1.54, 1.807) is 32.9 Å². The number of amides is 2. The van der Waals surface area contributed by atoms with Gasteiger partial charge in [0.05, 0.1) is 13.2 Å². The summed E-state index contributed by atoms with van der Waals surface area (Å²) in [5.74, 6) is -1.99. The molecule has 1 aromatic carbocycles. The van der Waals surface area contributed by atoms with Crippen LogP contribution in [0.25, 0.3) is 0 Å². The molecule has 0 spiro atoms. The maximum Gasteiger partial charge on any atom is 0.358 e. The molecule has 1 saturated carbocycles. The van der Waals surface area contributed by atoms with E-state index in [2.05, 4.69) is 10.4 Å². The number of fused-ring (bicyclic) bond motifs is 1. The van der Waals surface area contributed by atoms with Crippen molar-refractivity contribution in [1.82, 2.24) is 15.1 Å². The number of aryl methyl sites for hydroxylation is 1. The van der Waals surface area contributed by atoms with Crippen molar-refractivity contribution in [3.63, 3.8) is 0 Å². The lowest BCUT2D eigenvalue weighted by Crippen LogP contribution is -2.65. The number of hydrogen-bond acceptors (Lipinski definition) is 5. The molecule has 2 aliphatic rings. The Hall–Kier alpha value is -3.23. The third-order valence-electron chi connectivity index (χ3n) is 6.23. The highest BCUT2D eigenvalue weighted by Crippen LogP contribution is 2.34. The number of benzene rings is 1. The minimum atomic E-state index is -1.37. The minimum absolute atomic E-state index is 0.00862. The fraction of sp³-hybridized carbons (Fsp3) is 0.478. The van der Waals surface area contributed by atoms with Crippen molar-refractivity contribution in [1.29, 1.82) is 0 Å². The number of ether oxygens (including phenoxy) is 1. The molecule has 0 unspecified atom stereocenters. The molecule has 9 heteroatoms. The van der Waals surface area contributed by atoms with Crippen LogP contribution in [-0.2, 0) is 16.1 Å². The van der Waals surface area contributed by atoms with Gasteiger partial charge in [0, 0.05) is 17.8 Å². The Balaban J connectivity index is 1.78. The maximum absolute atomic E-state index is 14.4. The second kappa shape index (κ2) is 8.37. The molecule has 2 aromatic rings. The van der Waals surface area contributed by atoms with Crippen LogP contribution in [0, 0.1) is 12.7 Å². The van der Waals surface area contributed by atoms with E-state index >= 15 is 0 Å². The number of nitrogens with zero attached hydrogens (tertiary/aromatic N) is 3. The van der Waals surface area contributed by atoms with Crippen molar-refractivity contribution in [2.45, 2.75) is 64.6 Å². The van der Waals surface area contributed by atoms with Gasteiger partial charge in [-0.1, -0.05) is 18.9 Å². The molecule has 1 aliphatic heterocycles. The lowest BCUT2D eigenvalue weighted by molar-refractivity contribution is -0.127. The summed E-state index contributed by atoms with van der Waals surface area (Å²) in [7, 11) is 0. The molecule has 0 radical (unpaired) electrons. The van der Waals surface area contributed by atoms with E-state index < -0.39 is 23.2 Å². The topological polar surface area (TPSA) is 93.5 Å². The fourth-order valence-electron chi connectivity index (χ4n) is 4.42. The highest BCUT2D eigenvalue weighted by Gasteiger charge is 2.49. The molecular formula is C23H27FN4O4. The Morgan fingerprint density at radius 1 is 1.28 bits per heavy atom. The van der Waals surface area contributed by atoms with Crippen LogP contribution in [0.4, 0.5) is 10.1 Å². The van der Waals surface area contributed by atoms with Crippen molar-refractivity contribution in [2.75, 3.05) is 11.5 Å². The number of halogens is 1. The summed E-state index contributed by atoms with van der Waals surface area (Å²) < 4.78 is 20.8. The molecule has 1 N–H and O–H groups in total. The van der Waals surface area contributed by atoms with Crippen LogP contribution in [0.15, 0.2) is 24.3 Å². The highest BCUT2D eigenvalue weighted by molar-refractivity contribution is 6.12. The van der Waals surface area contributed by atoms with Gasteiger partial charge in [-0.2, -0.15) is 5.10 Å². The van der Waals surface area contributed by atoms with E-state index in [0.717, 1.165) is 25.7 Å². The van der Waals surface area contributed by atoms with Crippen molar-refractivity contribution < 1.29 is 23.5 Å². The van der Waals surface area contributed by atoms with Gasteiger partial charge >= 0.3 is 5.97 Å². The molecule has 2 amide bonds. The van der Waals surface area contributed by atoms with Gasteiger partial charge in [-0.3, -0.25) is 19.2 Å². The van der Waals surface area contributed by atoms with Gasteiger partial charge in [0.2, 0.25) is 5.91 Å². The predicted molar refractivity (Wildman–Crippen MR) is 115 cm³/mol. The highest BCUT2D eigenvalue weighted by atomic mass is 19.1. The second-order valence-electron chi connectivity index (χ2n) is 8.60. The summed E-state index contributed by atoms with van der Waals surface area (Å²) in [6.07, 6.45) is 3.85. The fourth-order valence-corrected chi connectivity index (χ4v) is 4.42. The van der Waals surface area contributed by atoms with E-state index in [1.807, 2.05) is 0 Å². The van der Waals surface area contributed by atoms with Crippen LogP contribution in [0.1, 0.15) is 66.1 Å². The van der Waals surface area contributed by atoms with E-state index in [0.29, 0.717) is 5.56 Å². The van der Waals surface area contributed by atoms with Crippen molar-refractivity contribution in [3.8, 4) is 0 Å². The summed E-state index contributed by atoms with van der Waals surface area (Å²) in [6, 6.07) is 5.85. The van der Waals surface area contributed by atoms with Crippen LogP contribution in [0.5, 0.6) is 0 Å². The van der Waals surface area contributed by atoms with Crippen LogP contribution >= 0.6 is 0 Å². The molecule has 4 rings (SSSR count). The maximum atomic E-state index is 14.4. The van der Waals surface area contributed by atoms with Gasteiger partial charge in [0.1, 0.15) is 17.1 Å². The zero-order valence-corrected chi connectivity index (χ0v) is 18.5. The van der Waals surface area contributed by atoms with Crippen molar-refractivity contribution >= 4 is 23.5 Å². The van der Waals surface area contributed by atoms with Gasteiger partial charge in [-0.15, -0.1) is 0 Å². The summed E-state index contributed by atoms with van der Waals surface area (Å²) in [4.78, 5) is 40.5. The zero-order valence-electron chi connectivity index (χ0n) is 18.5. The average molecular weight is 442 g/mol. The zero-order chi connectivity index (χ0) is 23.0. The van der Waals surface area contributed by atoms with Crippen LogP contribution in [-0.4, -0.2) is 45.8 Å². The third-order valence-corrected chi connectivity index (χ3v) is 6.23. The molecule has 1 aliphatic carbocycles. The largest absolute Gasteiger partial charge is 0.461 e. The van der Waals surface area contributed by atoms with Gasteiger partial charge in [0.25, 0.3) is 5.91 Å². The molecule has 0 saturated heterocycles. The number of nitrogens with one attached hydrogen (secondary N) is 1. The van der Waals surface area contributed by atoms with Crippen LogP contribution in [0.3, 0.4) is 0 Å². The molecule has 8 nitrogen and oxygen atoms in total. The summed E-state index contributed by atoms with van der Waals surface area (Å²) in [5, 5.41) is 7.29. The smallest absolute Gasteiger partial charge is 0.358 e. The molecule has 1 fully saturated rings. The number of rotatable bonds is 5. The lowest BCUT2D eigenvalue weighted by atomic mass is 9.93. The first-order chi connectivity index (χ1) is 15.2. The first-order valence-corrected chi connectivity index (χ1v) is 10.9. The standard InChI is InChI=1S/C23H27FN4O4/c1-4-32-21(30)18-12-19-20(29)28(16-10-9-14(2)17(24)11-16)23(3,13-27(19)26-18)22(31)25-15-7-5-6-8-15/h9-12,15H,4-8,13H2,1-3H3,(H,25,31)/t23-/m1/s1. The minimum Gasteiger partial charge on any atom is -0.461 e. The van der Waals surface area contributed by atoms with Gasteiger partial charge < -0.3 is 10.1 Å². The van der Waals surface area contributed by atoms with Gasteiger partial charge in [-0.05, 0) is 51.3 Å². The number of anilines is 1. The lowest BCUT2D eigenvalue weighted by Gasteiger charge is -2.43. The van der Waals surface area contributed by atoms with Crippen LogP contribution < -0.4 is 10.2 Å². The molecule has 2 heterocycles. The van der Waals surface area contributed by atoms with Crippen molar-refractivity contribution in [3.05, 3.63) is 47.0 Å². The molecule has 32 heavy (non-hydrogen) atoms. The Morgan fingerprint density at radius 3 is 2.66 bits per heavy atom. The third kappa shape index (κ3) is 3.76. The molecule has 0 bridgehead atoms. The molecule has 1 atom stereocenters. The number of carbonyl (C=O) groups excluding carboxylic acids is 3. The number of esters is 1. The Bertz CT molecular complexity index is 1080. The quantitative estimate of drug-likeness (QED) is 0.719. The number of carbonyl (C=O) groups is 3. The number of aromatic nitrogens is 2. The second-order valence-corrected chi connectivity index (χ2v) is 8.60. The van der Waals surface area contributed by atoms with E-state index in [1.165, 1.54) is 21.7 Å². The molecular weight excluding hydrogens is 415 g/mol. The Morgan fingerprint density at radius 2 is 2.00 bits per heavy atom. The first-order valence-electron chi connectivity index (χ1n) is 10.9. The molecule has 1 aromatic heterocycles. The van der Waals surface area contributed by atoms with Crippen LogP contribution in [0.2, 0.25) is 0 Å². The summed E-state index contributed by atoms with van der Waals surface area (Å²) in [6.45, 7) is 5.13. The SMILES string of the molecule is CCOC(=O)c1cc2n(n1)C[C@](C)(C(=O)NC1CCCC1)N(c1ccc(C)c(F)c1)C2=O. The average Bonchev–Trinajstić information content (AvgIpc) is 3.40. The van der Waals surface area contributed by atoms with Gasteiger partial charge in [-0.25, -0.2) is 9.18 Å². The van der Waals surface area contributed by atoms with E-state index in [-0.39, 0.29) is 42.2 Å². The molecule has 170 valence electrons. The predicted octanol–water partition coefficient (Wildman–Crippen LogP) is 2.99. The first kappa shape index (κ1) is 22.0.